The van der Waals surface area contributed by atoms with Crippen molar-refractivity contribution in [2.75, 3.05) is 13.1 Å². The zero-order valence-electron chi connectivity index (χ0n) is 17.6. The second kappa shape index (κ2) is 13.6. The summed E-state index contributed by atoms with van der Waals surface area (Å²) in [7, 11) is 9.59. The number of nitrogens with one attached hydrogen (secondary N) is 3. The Labute approximate surface area is 196 Å². The zero-order chi connectivity index (χ0) is 21.2. The molecule has 0 amide bonds. The van der Waals surface area contributed by atoms with Crippen LogP contribution in [0.1, 0.15) is 62.8 Å². The second-order valence-electron chi connectivity index (χ2n) is 8.58. The summed E-state index contributed by atoms with van der Waals surface area (Å²) in [6.07, 6.45) is 10.1. The molecule has 4 atom stereocenters. The molecule has 30 heavy (non-hydrogen) atoms. The van der Waals surface area contributed by atoms with Gasteiger partial charge in [-0.2, -0.15) is 0 Å². The molecular weight excluding hydrogens is 462 g/mol. The second-order valence-corrected chi connectivity index (χ2v) is 10.5. The third-order valence-corrected chi connectivity index (χ3v) is 6.65. The van der Waals surface area contributed by atoms with Crippen LogP contribution in [0.5, 0.6) is 0 Å². The number of aromatic nitrogens is 1. The number of fused-ring (bicyclic) bond motifs is 4. The summed E-state index contributed by atoms with van der Waals surface area (Å²) in [5.41, 5.74) is 2.28. The van der Waals surface area contributed by atoms with E-state index in [4.69, 9.17) is 31.0 Å². The molecule has 5 N–H and O–H groups in total. The van der Waals surface area contributed by atoms with Gasteiger partial charge < -0.3 is 16.0 Å². The van der Waals surface area contributed by atoms with Crippen molar-refractivity contribution in [3.63, 3.8) is 0 Å². The number of nitrogens with two attached hydrogens (primary N) is 1. The van der Waals surface area contributed by atoms with Crippen LogP contribution >= 0.6 is 20.2 Å². The van der Waals surface area contributed by atoms with Crippen molar-refractivity contribution < 1.29 is 13.1 Å². The van der Waals surface area contributed by atoms with Crippen LogP contribution in [0, 0.1) is 0 Å². The summed E-state index contributed by atoms with van der Waals surface area (Å²) < 4.78 is 0. The monoisotopic (exact) mass is 497 g/mol. The summed E-state index contributed by atoms with van der Waals surface area (Å²) in [5, 5.41) is 13.4. The molecule has 4 rings (SSSR count). The number of hydrogen-bond acceptors (Lipinski definition) is 6. The first-order valence-electron chi connectivity index (χ1n) is 11.2. The van der Waals surface area contributed by atoms with Crippen molar-refractivity contribution >= 4 is 20.2 Å². The van der Waals surface area contributed by atoms with Gasteiger partial charge in [0.2, 0.25) is 0 Å². The fourth-order valence-electron chi connectivity index (χ4n) is 5.11. The molecule has 0 saturated heterocycles. The van der Waals surface area contributed by atoms with E-state index in [0.717, 1.165) is 37.6 Å². The van der Waals surface area contributed by atoms with Gasteiger partial charge in [-0.25, -0.2) is 5.01 Å². The van der Waals surface area contributed by atoms with E-state index in [1.165, 1.54) is 51.4 Å². The molecule has 6 nitrogen and oxygen atoms in total. The van der Waals surface area contributed by atoms with Crippen LogP contribution in [0.3, 0.4) is 0 Å². The van der Waals surface area contributed by atoms with Crippen molar-refractivity contribution in [3.8, 4) is 0 Å². The van der Waals surface area contributed by atoms with Crippen molar-refractivity contribution in [2.24, 2.45) is 5.84 Å². The Kier molecular flexibility index (Phi) is 11.2. The molecule has 2 saturated carbocycles. The third-order valence-electron chi connectivity index (χ3n) is 6.65. The van der Waals surface area contributed by atoms with Crippen molar-refractivity contribution in [1.82, 2.24) is 25.9 Å². The molecule has 3 aliphatic rings. The maximum atomic E-state index is 6.52. The normalized spacial score (nSPS) is 31.2. The van der Waals surface area contributed by atoms with E-state index in [2.05, 4.69) is 39.2 Å². The number of pyridine rings is 1. The Morgan fingerprint density at radius 2 is 1.40 bits per heavy atom. The maximum absolute atomic E-state index is 6.52. The van der Waals surface area contributed by atoms with E-state index in [1.807, 2.05) is 0 Å². The van der Waals surface area contributed by atoms with Gasteiger partial charge in [-0.05, 0) is 37.8 Å². The average molecular weight is 498 g/mol. The van der Waals surface area contributed by atoms with E-state index in [1.54, 1.807) is 0 Å². The van der Waals surface area contributed by atoms with Crippen LogP contribution in [0.4, 0.5) is 0 Å². The Morgan fingerprint density at radius 3 is 2.07 bits per heavy atom. The van der Waals surface area contributed by atoms with Crippen LogP contribution in [0.25, 0.3) is 0 Å². The van der Waals surface area contributed by atoms with Crippen LogP contribution in [0.2, 0.25) is 0 Å². The molecule has 171 valence electrons. The van der Waals surface area contributed by atoms with Crippen LogP contribution in [-0.2, 0) is 26.2 Å². The Morgan fingerprint density at radius 1 is 0.867 bits per heavy atom. The van der Waals surface area contributed by atoms with Crippen LogP contribution in [-0.4, -0.2) is 47.2 Å². The summed E-state index contributed by atoms with van der Waals surface area (Å²) in [6.45, 7) is 3.56. The fraction of sp³-hybridized carbons (Fsp3) is 0.762. The molecule has 1 aliphatic heterocycles. The van der Waals surface area contributed by atoms with Crippen LogP contribution < -0.4 is 21.8 Å². The van der Waals surface area contributed by atoms with E-state index in [0.29, 0.717) is 24.2 Å². The van der Waals surface area contributed by atoms with E-state index in [9.17, 15) is 0 Å². The molecule has 1 aromatic rings. The van der Waals surface area contributed by atoms with E-state index in [-0.39, 0.29) is 13.1 Å². The predicted molar refractivity (Wildman–Crippen MR) is 121 cm³/mol. The molecule has 2 heterocycles. The number of rotatable bonds is 0. The predicted octanol–water partition coefficient (Wildman–Crippen LogP) is 3.04. The van der Waals surface area contributed by atoms with Gasteiger partial charge in [0, 0.05) is 50.3 Å². The number of hydrogen-bond donors (Lipinski definition) is 4. The molecule has 0 spiro atoms. The molecule has 2 bridgehead atoms. The Balaban J connectivity index is 0.000000806. The quantitative estimate of drug-likeness (QED) is 0.326. The molecule has 9 heteroatoms. The molecule has 0 radical (unpaired) electrons. The van der Waals surface area contributed by atoms with Gasteiger partial charge in [-0.15, -0.1) is 0 Å². The van der Waals surface area contributed by atoms with Crippen molar-refractivity contribution in [2.45, 2.75) is 88.6 Å². The minimum absolute atomic E-state index is 0.00694. The van der Waals surface area contributed by atoms with Gasteiger partial charge in [-0.1, -0.05) is 31.7 Å². The first kappa shape index (κ1) is 24.7. The van der Waals surface area contributed by atoms with Gasteiger partial charge >= 0.3 is 33.3 Å². The molecule has 0 aromatic carbocycles. The minimum atomic E-state index is 0.00694. The molecule has 0 unspecified atom stereocenters. The van der Waals surface area contributed by atoms with E-state index < -0.39 is 0 Å². The van der Waals surface area contributed by atoms with E-state index >= 15 is 0 Å². The number of hydrazine groups is 1. The summed E-state index contributed by atoms with van der Waals surface area (Å²) in [4.78, 5) is 4.89. The molecule has 2 fully saturated rings. The first-order valence-corrected chi connectivity index (χ1v) is 14.5. The Hall–Kier alpha value is 0.0495. The topological polar surface area (TPSA) is 78.2 Å². The number of nitrogens with zero attached hydrogens (tertiary/aromatic N) is 2. The first-order chi connectivity index (χ1) is 14.7. The SMILES string of the molecule is NN1CCN[C@@H]2CCCC[C@H]2NCc2cccc(n2)CN[C@@H]2CCCC[C@H]21.[Cl][Mn][Cl]. The van der Waals surface area contributed by atoms with Gasteiger partial charge in [-0.3, -0.25) is 10.8 Å². The van der Waals surface area contributed by atoms with Crippen LogP contribution in [0.15, 0.2) is 18.2 Å². The number of halogens is 2. The van der Waals surface area contributed by atoms with Gasteiger partial charge in [0.1, 0.15) is 0 Å². The third kappa shape index (κ3) is 7.58. The average Bonchev–Trinajstić information content (AvgIpc) is 2.78. The van der Waals surface area contributed by atoms with Gasteiger partial charge in [0.25, 0.3) is 0 Å². The Bertz CT molecular complexity index is 625. The van der Waals surface area contributed by atoms with Gasteiger partial charge in [0.05, 0.1) is 11.4 Å². The standard InChI is InChI=1S/C21H36N6.2ClH.Mn/c22-27-13-12-23-18-8-1-2-9-19(18)24-14-16-6-5-7-17(26-16)15-25-20-10-3-4-11-21(20)27;;;/h5-7,18-21,23-25H,1-4,8-15,22H2;2*1H;/q;;;+2/p-2/t18-,19-,20-,21-;;;/m1.../s1. The van der Waals surface area contributed by atoms with Crippen molar-refractivity contribution in [3.05, 3.63) is 29.6 Å². The fourth-order valence-corrected chi connectivity index (χ4v) is 5.11. The van der Waals surface area contributed by atoms with Crippen molar-refractivity contribution in [1.29, 1.82) is 0 Å². The zero-order valence-corrected chi connectivity index (χ0v) is 20.3. The summed E-state index contributed by atoms with van der Waals surface area (Å²) >= 11 is 0.00694. The molecule has 1 aromatic heterocycles. The summed E-state index contributed by atoms with van der Waals surface area (Å²) in [5.74, 6) is 6.52. The summed E-state index contributed by atoms with van der Waals surface area (Å²) in [6, 6.07) is 8.38. The molecular formula is C21H36Cl2MnN6. The van der Waals surface area contributed by atoms with Gasteiger partial charge in [0.15, 0.2) is 0 Å². The molecule has 2 aliphatic carbocycles.